The maximum atomic E-state index is 6.42. The highest BCUT2D eigenvalue weighted by Gasteiger charge is 2.52. The van der Waals surface area contributed by atoms with Gasteiger partial charge in [0.25, 0.3) is 0 Å². The molecular weight excluding hydrogens is 581 g/mol. The van der Waals surface area contributed by atoms with Gasteiger partial charge in [-0.1, -0.05) is 147 Å². The first kappa shape index (κ1) is 26.4. The van der Waals surface area contributed by atoms with E-state index < -0.39 is 0 Å². The van der Waals surface area contributed by atoms with Crippen molar-refractivity contribution < 1.29 is 4.42 Å². The van der Waals surface area contributed by atoms with Crippen molar-refractivity contribution in [3.05, 3.63) is 190 Å². The Bertz CT molecular complexity index is 2680. The van der Waals surface area contributed by atoms with Gasteiger partial charge in [-0.05, 0) is 96.4 Å². The molecule has 1 atom stereocenters. The van der Waals surface area contributed by atoms with Gasteiger partial charge in [-0.25, -0.2) is 0 Å². The van der Waals surface area contributed by atoms with Crippen molar-refractivity contribution in [1.29, 1.82) is 0 Å². The smallest absolute Gasteiger partial charge is 0.136 e. The molecule has 7 aromatic carbocycles. The molecule has 0 amide bonds. The summed E-state index contributed by atoms with van der Waals surface area (Å²) in [5, 5.41) is 2.40. The minimum atomic E-state index is -0.389. The van der Waals surface area contributed by atoms with Crippen molar-refractivity contribution in [2.24, 2.45) is 0 Å². The molecule has 0 saturated heterocycles. The SMILES string of the molecule is CC1(C)c2ccccc2-c2c(Cc3ccc4c(c3)-c3ccccc3C43c4ccccc4-c4c3ccc3oc5ccccc5c43)cccc21. The van der Waals surface area contributed by atoms with E-state index in [-0.39, 0.29) is 10.8 Å². The Labute approximate surface area is 280 Å². The van der Waals surface area contributed by atoms with E-state index in [1.54, 1.807) is 0 Å². The van der Waals surface area contributed by atoms with E-state index in [2.05, 4.69) is 159 Å². The minimum absolute atomic E-state index is 0.000178. The van der Waals surface area contributed by atoms with Gasteiger partial charge in [0.2, 0.25) is 0 Å². The molecule has 48 heavy (non-hydrogen) atoms. The third-order valence-electron chi connectivity index (χ3n) is 11.7. The van der Waals surface area contributed by atoms with Crippen LogP contribution in [0.3, 0.4) is 0 Å². The fourth-order valence-corrected chi connectivity index (χ4v) is 9.80. The van der Waals surface area contributed by atoms with Crippen LogP contribution in [0.2, 0.25) is 0 Å². The van der Waals surface area contributed by atoms with Crippen molar-refractivity contribution in [3.8, 4) is 33.4 Å². The Morgan fingerprint density at radius 1 is 0.458 bits per heavy atom. The molecule has 0 saturated carbocycles. The second-order valence-electron chi connectivity index (χ2n) is 14.4. The Morgan fingerprint density at radius 2 is 1.08 bits per heavy atom. The molecule has 1 heterocycles. The van der Waals surface area contributed by atoms with Crippen molar-refractivity contribution in [2.75, 3.05) is 0 Å². The fourth-order valence-electron chi connectivity index (χ4n) is 9.80. The summed E-state index contributed by atoms with van der Waals surface area (Å²) >= 11 is 0. The Hall–Kier alpha value is -5.66. The van der Waals surface area contributed by atoms with Crippen LogP contribution in [0.4, 0.5) is 0 Å². The van der Waals surface area contributed by atoms with Gasteiger partial charge in [0.05, 0.1) is 5.41 Å². The number of hydrogen-bond acceptors (Lipinski definition) is 1. The fraction of sp³-hybridized carbons (Fsp3) is 0.106. The summed E-state index contributed by atoms with van der Waals surface area (Å²) in [5.74, 6) is 0. The maximum absolute atomic E-state index is 6.42. The average Bonchev–Trinajstić information content (AvgIpc) is 3.81. The van der Waals surface area contributed by atoms with Gasteiger partial charge in [0.1, 0.15) is 11.2 Å². The summed E-state index contributed by atoms with van der Waals surface area (Å²) in [7, 11) is 0. The van der Waals surface area contributed by atoms with Gasteiger partial charge in [-0.2, -0.15) is 0 Å². The summed E-state index contributed by atoms with van der Waals surface area (Å²) in [6, 6.07) is 54.4. The molecule has 0 N–H and O–H groups in total. The van der Waals surface area contributed by atoms with Gasteiger partial charge in [-0.15, -0.1) is 0 Å². The third kappa shape index (κ3) is 3.08. The van der Waals surface area contributed by atoms with Crippen molar-refractivity contribution >= 4 is 21.9 Å². The molecular formula is C47H32O. The van der Waals surface area contributed by atoms with Crippen molar-refractivity contribution in [2.45, 2.75) is 31.1 Å². The largest absolute Gasteiger partial charge is 0.456 e. The molecule has 1 nitrogen and oxygen atoms in total. The average molecular weight is 613 g/mol. The van der Waals surface area contributed by atoms with Gasteiger partial charge >= 0.3 is 0 Å². The highest BCUT2D eigenvalue weighted by atomic mass is 16.3. The predicted molar refractivity (Wildman–Crippen MR) is 197 cm³/mol. The van der Waals surface area contributed by atoms with Crippen molar-refractivity contribution in [1.82, 2.24) is 0 Å². The maximum Gasteiger partial charge on any atom is 0.136 e. The number of fused-ring (bicyclic) bond motifs is 17. The van der Waals surface area contributed by atoms with Crippen LogP contribution in [0.5, 0.6) is 0 Å². The molecule has 1 spiro atoms. The molecule has 1 heteroatoms. The van der Waals surface area contributed by atoms with E-state index >= 15 is 0 Å². The quantitative estimate of drug-likeness (QED) is 0.189. The van der Waals surface area contributed by atoms with Crippen LogP contribution >= 0.6 is 0 Å². The van der Waals surface area contributed by atoms with E-state index in [0.717, 1.165) is 17.6 Å². The molecule has 3 aliphatic carbocycles. The lowest BCUT2D eigenvalue weighted by atomic mass is 9.70. The summed E-state index contributed by atoms with van der Waals surface area (Å²) in [4.78, 5) is 0. The van der Waals surface area contributed by atoms with Crippen LogP contribution in [0.1, 0.15) is 58.4 Å². The van der Waals surface area contributed by atoms with E-state index in [1.807, 2.05) is 0 Å². The van der Waals surface area contributed by atoms with Crippen LogP contribution in [-0.2, 0) is 17.3 Å². The zero-order chi connectivity index (χ0) is 31.8. The lowest BCUT2D eigenvalue weighted by Gasteiger charge is -2.30. The van der Waals surface area contributed by atoms with Gasteiger partial charge in [0, 0.05) is 16.2 Å². The van der Waals surface area contributed by atoms with E-state index in [1.165, 1.54) is 88.7 Å². The Balaban J connectivity index is 1.15. The summed E-state index contributed by atoms with van der Waals surface area (Å²) < 4.78 is 6.42. The van der Waals surface area contributed by atoms with Gasteiger partial charge in [0.15, 0.2) is 0 Å². The van der Waals surface area contributed by atoms with Crippen LogP contribution < -0.4 is 0 Å². The molecule has 8 aromatic rings. The molecule has 3 aliphatic rings. The number of benzene rings is 7. The first-order valence-electron chi connectivity index (χ1n) is 17.1. The molecule has 0 radical (unpaired) electrons. The Kier molecular flexibility index (Phi) is 4.97. The van der Waals surface area contributed by atoms with Gasteiger partial charge in [-0.3, -0.25) is 0 Å². The topological polar surface area (TPSA) is 13.1 Å². The lowest BCUT2D eigenvalue weighted by Crippen LogP contribution is -2.25. The monoisotopic (exact) mass is 612 g/mol. The summed E-state index contributed by atoms with van der Waals surface area (Å²) in [6.07, 6.45) is 0.894. The van der Waals surface area contributed by atoms with E-state index in [4.69, 9.17) is 4.42 Å². The highest BCUT2D eigenvalue weighted by molar-refractivity contribution is 6.16. The number of hydrogen-bond donors (Lipinski definition) is 0. The second kappa shape index (κ2) is 9.02. The zero-order valence-electron chi connectivity index (χ0n) is 27.0. The predicted octanol–water partition coefficient (Wildman–Crippen LogP) is 11.8. The van der Waals surface area contributed by atoms with Gasteiger partial charge < -0.3 is 4.42 Å². The zero-order valence-corrected chi connectivity index (χ0v) is 27.0. The molecule has 226 valence electrons. The lowest BCUT2D eigenvalue weighted by molar-refractivity contribution is 0.660. The number of para-hydroxylation sites is 1. The Morgan fingerprint density at radius 3 is 1.92 bits per heavy atom. The van der Waals surface area contributed by atoms with E-state index in [0.29, 0.717) is 0 Å². The van der Waals surface area contributed by atoms with Crippen LogP contribution in [-0.4, -0.2) is 0 Å². The molecule has 0 bridgehead atoms. The highest BCUT2D eigenvalue weighted by Crippen LogP contribution is 2.64. The molecule has 0 fully saturated rings. The molecule has 0 aliphatic heterocycles. The number of furan rings is 1. The molecule has 1 aromatic heterocycles. The van der Waals surface area contributed by atoms with Crippen LogP contribution in [0, 0.1) is 0 Å². The summed E-state index contributed by atoms with van der Waals surface area (Å²) in [6.45, 7) is 4.73. The number of rotatable bonds is 2. The van der Waals surface area contributed by atoms with Crippen LogP contribution in [0.25, 0.3) is 55.3 Å². The van der Waals surface area contributed by atoms with Crippen molar-refractivity contribution in [3.63, 3.8) is 0 Å². The summed E-state index contributed by atoms with van der Waals surface area (Å²) in [5.41, 5.74) is 20.6. The third-order valence-corrected chi connectivity index (χ3v) is 11.7. The minimum Gasteiger partial charge on any atom is -0.456 e. The first-order valence-corrected chi connectivity index (χ1v) is 17.1. The molecule has 11 rings (SSSR count). The standard InChI is InChI=1S/C47H32O/c1-46(2)35-17-7-4-14-31(35)43-29(12-11-20-39(43)46)26-28-22-23-38-34(27-28)30-13-3-8-18-36(30)47(38)37-19-9-5-15-32(37)44-40(47)24-25-42-45(44)33-16-6-10-21-41(33)48-42/h3-25,27H,26H2,1-2H3. The normalized spacial score (nSPS) is 17.3. The second-order valence-corrected chi connectivity index (χ2v) is 14.4. The van der Waals surface area contributed by atoms with Crippen LogP contribution in [0.15, 0.2) is 150 Å². The van der Waals surface area contributed by atoms with E-state index in [9.17, 15) is 0 Å². The first-order chi connectivity index (χ1) is 23.6. The molecule has 1 unspecified atom stereocenters.